The van der Waals surface area contributed by atoms with Gasteiger partial charge in [0.05, 0.1) is 19.8 Å². The van der Waals surface area contributed by atoms with Gasteiger partial charge in [0.1, 0.15) is 0 Å². The molecule has 1 aromatic rings. The van der Waals surface area contributed by atoms with Crippen molar-refractivity contribution in [2.45, 2.75) is 44.8 Å². The lowest BCUT2D eigenvalue weighted by Gasteiger charge is -2.41. The molecule has 1 N–H and O–H groups in total. The van der Waals surface area contributed by atoms with E-state index in [0.717, 1.165) is 37.9 Å². The molecular weight excluding hydrogens is 350 g/mol. The molecular formula is C20H30ClN3O2. The number of carbonyl (C=O) groups excluding carboxylic acids is 1. The van der Waals surface area contributed by atoms with E-state index < -0.39 is 0 Å². The van der Waals surface area contributed by atoms with Crippen molar-refractivity contribution in [2.24, 2.45) is 0 Å². The Hall–Kier alpha value is -1.14. The highest BCUT2D eigenvalue weighted by Crippen LogP contribution is 2.28. The second-order valence-electron chi connectivity index (χ2n) is 7.95. The first-order valence-corrected chi connectivity index (χ1v) is 9.90. The maximum absolute atomic E-state index is 12.5. The molecule has 0 radical (unpaired) electrons. The number of amides is 1. The largest absolute Gasteiger partial charge is 0.379 e. The lowest BCUT2D eigenvalue weighted by atomic mass is 10.0. The lowest BCUT2D eigenvalue weighted by molar-refractivity contribution is -0.123. The summed E-state index contributed by atoms with van der Waals surface area (Å²) in [6.07, 6.45) is 2.36. The van der Waals surface area contributed by atoms with Gasteiger partial charge in [0, 0.05) is 42.8 Å². The SMILES string of the molecule is CC(C)(CNC(=O)CN(Cc1ccc(Cl)cc1)C1CC1)N1CCOCC1. The third-order valence-electron chi connectivity index (χ3n) is 5.29. The summed E-state index contributed by atoms with van der Waals surface area (Å²) in [5, 5.41) is 3.89. The van der Waals surface area contributed by atoms with Crippen LogP contribution >= 0.6 is 11.6 Å². The fourth-order valence-electron chi connectivity index (χ4n) is 3.41. The quantitative estimate of drug-likeness (QED) is 0.753. The molecule has 6 heteroatoms. The van der Waals surface area contributed by atoms with Crippen LogP contribution in [0.3, 0.4) is 0 Å². The fraction of sp³-hybridized carbons (Fsp3) is 0.650. The van der Waals surface area contributed by atoms with E-state index in [4.69, 9.17) is 16.3 Å². The summed E-state index contributed by atoms with van der Waals surface area (Å²) >= 11 is 5.97. The van der Waals surface area contributed by atoms with Crippen LogP contribution in [-0.2, 0) is 16.1 Å². The van der Waals surface area contributed by atoms with Crippen LogP contribution in [0.1, 0.15) is 32.3 Å². The number of carbonyl (C=O) groups is 1. The predicted molar refractivity (Wildman–Crippen MR) is 104 cm³/mol. The van der Waals surface area contributed by atoms with Crippen molar-refractivity contribution in [3.63, 3.8) is 0 Å². The van der Waals surface area contributed by atoms with Crippen molar-refractivity contribution >= 4 is 17.5 Å². The minimum atomic E-state index is -0.0555. The van der Waals surface area contributed by atoms with Crippen LogP contribution in [0.15, 0.2) is 24.3 Å². The van der Waals surface area contributed by atoms with Crippen LogP contribution in [0.25, 0.3) is 0 Å². The zero-order valence-corrected chi connectivity index (χ0v) is 16.6. The topological polar surface area (TPSA) is 44.8 Å². The van der Waals surface area contributed by atoms with Crippen molar-refractivity contribution in [3.8, 4) is 0 Å². The van der Waals surface area contributed by atoms with Crippen molar-refractivity contribution < 1.29 is 9.53 Å². The molecule has 1 aromatic carbocycles. The summed E-state index contributed by atoms with van der Waals surface area (Å²) in [4.78, 5) is 17.2. The molecule has 0 aromatic heterocycles. The molecule has 3 rings (SSSR count). The van der Waals surface area contributed by atoms with E-state index in [2.05, 4.69) is 29.0 Å². The number of benzene rings is 1. The van der Waals surface area contributed by atoms with E-state index in [-0.39, 0.29) is 11.4 Å². The van der Waals surface area contributed by atoms with E-state index in [1.807, 2.05) is 24.3 Å². The van der Waals surface area contributed by atoms with Gasteiger partial charge in [-0.15, -0.1) is 0 Å². The van der Waals surface area contributed by atoms with Crippen LogP contribution in [0.2, 0.25) is 5.02 Å². The molecule has 1 saturated heterocycles. The number of halogens is 1. The zero-order valence-electron chi connectivity index (χ0n) is 15.8. The van der Waals surface area contributed by atoms with Crippen molar-refractivity contribution in [1.29, 1.82) is 0 Å². The Balaban J connectivity index is 1.49. The highest BCUT2D eigenvalue weighted by molar-refractivity contribution is 6.30. The minimum absolute atomic E-state index is 0.0555. The van der Waals surface area contributed by atoms with Gasteiger partial charge in [-0.1, -0.05) is 23.7 Å². The Labute approximate surface area is 161 Å². The Kier molecular flexibility index (Phi) is 6.56. The number of rotatable bonds is 8. The number of hydrogen-bond donors (Lipinski definition) is 1. The molecule has 1 heterocycles. The Morgan fingerprint density at radius 2 is 1.92 bits per heavy atom. The van der Waals surface area contributed by atoms with Crippen LogP contribution < -0.4 is 5.32 Å². The molecule has 2 aliphatic rings. The maximum atomic E-state index is 12.5. The Bertz CT molecular complexity index is 596. The third-order valence-corrected chi connectivity index (χ3v) is 5.55. The zero-order chi connectivity index (χ0) is 18.6. The van der Waals surface area contributed by atoms with Gasteiger partial charge in [0.25, 0.3) is 0 Å². The molecule has 1 aliphatic heterocycles. The molecule has 0 unspecified atom stereocenters. The number of nitrogens with zero attached hydrogens (tertiary/aromatic N) is 2. The van der Waals surface area contributed by atoms with Crippen molar-refractivity contribution in [3.05, 3.63) is 34.9 Å². The van der Waals surface area contributed by atoms with Gasteiger partial charge in [0.15, 0.2) is 0 Å². The molecule has 1 aliphatic carbocycles. The van der Waals surface area contributed by atoms with Crippen LogP contribution in [0.5, 0.6) is 0 Å². The molecule has 1 saturated carbocycles. The Morgan fingerprint density at radius 3 is 2.54 bits per heavy atom. The highest BCUT2D eigenvalue weighted by atomic mass is 35.5. The average Bonchev–Trinajstić information content (AvgIpc) is 3.47. The van der Waals surface area contributed by atoms with E-state index in [9.17, 15) is 4.79 Å². The first-order valence-electron chi connectivity index (χ1n) is 9.52. The summed E-state index contributed by atoms with van der Waals surface area (Å²) in [5.74, 6) is 0.104. The second-order valence-corrected chi connectivity index (χ2v) is 8.39. The lowest BCUT2D eigenvalue weighted by Crippen LogP contribution is -2.56. The standard InChI is InChI=1S/C20H30ClN3O2/c1-20(2,24-9-11-26-12-10-24)15-22-19(25)14-23(18-7-8-18)13-16-3-5-17(21)6-4-16/h3-6,18H,7-15H2,1-2H3,(H,22,25). The van der Waals surface area contributed by atoms with Crippen LogP contribution in [-0.4, -0.2) is 66.7 Å². The summed E-state index contributed by atoms with van der Waals surface area (Å²) < 4.78 is 5.43. The first kappa shape index (κ1) is 19.6. The normalized spacial score (nSPS) is 18.9. The van der Waals surface area contributed by atoms with E-state index in [0.29, 0.717) is 19.1 Å². The third kappa shape index (κ3) is 5.68. The molecule has 1 amide bonds. The Morgan fingerprint density at radius 1 is 1.27 bits per heavy atom. The van der Waals surface area contributed by atoms with E-state index in [1.54, 1.807) is 0 Å². The molecule has 0 spiro atoms. The van der Waals surface area contributed by atoms with Crippen LogP contribution in [0, 0.1) is 0 Å². The van der Waals surface area contributed by atoms with Gasteiger partial charge in [0.2, 0.25) is 5.91 Å². The van der Waals surface area contributed by atoms with Gasteiger partial charge in [-0.05, 0) is 44.4 Å². The minimum Gasteiger partial charge on any atom is -0.379 e. The van der Waals surface area contributed by atoms with E-state index >= 15 is 0 Å². The molecule has 0 bridgehead atoms. The van der Waals surface area contributed by atoms with Gasteiger partial charge in [-0.25, -0.2) is 0 Å². The summed E-state index contributed by atoms with van der Waals surface area (Å²) in [6.45, 7) is 9.67. The van der Waals surface area contributed by atoms with Gasteiger partial charge >= 0.3 is 0 Å². The summed E-state index contributed by atoms with van der Waals surface area (Å²) in [5.41, 5.74) is 1.14. The highest BCUT2D eigenvalue weighted by Gasteiger charge is 2.32. The average molecular weight is 380 g/mol. The molecule has 26 heavy (non-hydrogen) atoms. The smallest absolute Gasteiger partial charge is 0.234 e. The second kappa shape index (κ2) is 8.70. The van der Waals surface area contributed by atoms with Crippen molar-refractivity contribution in [1.82, 2.24) is 15.1 Å². The van der Waals surface area contributed by atoms with Gasteiger partial charge in [-0.2, -0.15) is 0 Å². The fourth-order valence-corrected chi connectivity index (χ4v) is 3.54. The van der Waals surface area contributed by atoms with Gasteiger partial charge in [-0.3, -0.25) is 14.6 Å². The number of ether oxygens (including phenoxy) is 1. The summed E-state index contributed by atoms with van der Waals surface area (Å²) in [6, 6.07) is 8.43. The maximum Gasteiger partial charge on any atom is 0.234 e. The molecule has 5 nitrogen and oxygen atoms in total. The van der Waals surface area contributed by atoms with E-state index in [1.165, 1.54) is 18.4 Å². The molecule has 0 atom stereocenters. The number of nitrogens with one attached hydrogen (secondary N) is 1. The molecule has 2 fully saturated rings. The predicted octanol–water partition coefficient (Wildman–Crippen LogP) is 2.53. The van der Waals surface area contributed by atoms with Crippen molar-refractivity contribution in [2.75, 3.05) is 39.4 Å². The first-order chi connectivity index (χ1) is 12.4. The van der Waals surface area contributed by atoms with Crippen LogP contribution in [0.4, 0.5) is 0 Å². The molecule has 144 valence electrons. The van der Waals surface area contributed by atoms with Gasteiger partial charge < -0.3 is 10.1 Å². The summed E-state index contributed by atoms with van der Waals surface area (Å²) in [7, 11) is 0. The number of hydrogen-bond acceptors (Lipinski definition) is 4. The monoisotopic (exact) mass is 379 g/mol. The number of morpholine rings is 1.